The van der Waals surface area contributed by atoms with Crippen LogP contribution in [0.1, 0.15) is 19.5 Å². The summed E-state index contributed by atoms with van der Waals surface area (Å²) in [5.74, 6) is 1.04. The Morgan fingerprint density at radius 2 is 2.19 bits per heavy atom. The lowest BCUT2D eigenvalue weighted by molar-refractivity contribution is 0.593. The van der Waals surface area contributed by atoms with E-state index in [1.54, 1.807) is 11.6 Å². The molecule has 0 aliphatic rings. The average molecular weight is 245 g/mol. The Balaban J connectivity index is 2.61. The Morgan fingerprint density at radius 3 is 2.62 bits per heavy atom. The highest BCUT2D eigenvalue weighted by Crippen LogP contribution is 2.09. The van der Waals surface area contributed by atoms with Crippen molar-refractivity contribution < 1.29 is 8.42 Å². The maximum absolute atomic E-state index is 11.4. The number of nitrogens with one attached hydrogen (secondary N) is 1. The van der Waals surface area contributed by atoms with Gasteiger partial charge in [0.15, 0.2) is 9.84 Å². The number of hydrogen-bond acceptors (Lipinski definition) is 4. The van der Waals surface area contributed by atoms with E-state index in [1.807, 2.05) is 27.0 Å². The number of aromatic nitrogens is 2. The minimum Gasteiger partial charge on any atom is -0.365 e. The molecule has 0 fully saturated rings. The van der Waals surface area contributed by atoms with Crippen LogP contribution in [0.5, 0.6) is 0 Å². The summed E-state index contributed by atoms with van der Waals surface area (Å²) in [6.07, 6.45) is 0. The number of anilines is 1. The average Bonchev–Trinajstić information content (AvgIpc) is 2.44. The van der Waals surface area contributed by atoms with Crippen LogP contribution in [-0.4, -0.2) is 35.7 Å². The fraction of sp³-hybridized carbons (Fsp3) is 0.700. The second-order valence-electron chi connectivity index (χ2n) is 4.04. The predicted molar refractivity (Wildman–Crippen MR) is 65.4 cm³/mol. The summed E-state index contributed by atoms with van der Waals surface area (Å²) < 4.78 is 24.6. The number of sulfone groups is 1. The lowest BCUT2D eigenvalue weighted by Crippen LogP contribution is -2.26. The van der Waals surface area contributed by atoms with Gasteiger partial charge in [0.05, 0.1) is 5.75 Å². The molecule has 1 aromatic heterocycles. The van der Waals surface area contributed by atoms with Crippen molar-refractivity contribution in [3.63, 3.8) is 0 Å². The van der Waals surface area contributed by atoms with Gasteiger partial charge in [-0.15, -0.1) is 0 Å². The topological polar surface area (TPSA) is 64.0 Å². The molecular formula is C10H19N3O2S. The molecule has 16 heavy (non-hydrogen) atoms. The molecule has 0 aromatic carbocycles. The van der Waals surface area contributed by atoms with Crippen molar-refractivity contribution >= 4 is 15.7 Å². The van der Waals surface area contributed by atoms with Crippen molar-refractivity contribution in [1.82, 2.24) is 9.78 Å². The lowest BCUT2D eigenvalue weighted by atomic mass is 10.4. The van der Waals surface area contributed by atoms with Crippen LogP contribution in [0.2, 0.25) is 0 Å². The zero-order valence-electron chi connectivity index (χ0n) is 10.2. The minimum atomic E-state index is -2.94. The molecule has 0 radical (unpaired) electrons. The summed E-state index contributed by atoms with van der Waals surface area (Å²) in [5, 5.41) is 7.30. The van der Waals surface area contributed by atoms with Crippen LogP contribution >= 0.6 is 0 Å². The molecule has 1 aromatic rings. The van der Waals surface area contributed by atoms with Crippen LogP contribution in [-0.2, 0) is 16.9 Å². The normalized spacial score (nSPS) is 13.8. The SMILES string of the molecule is CCS(=O)(=O)CC(C)Nc1cc(C)n(C)n1. The van der Waals surface area contributed by atoms with Crippen LogP contribution in [0.15, 0.2) is 6.07 Å². The molecule has 0 saturated heterocycles. The Labute approximate surface area is 96.8 Å². The highest BCUT2D eigenvalue weighted by Gasteiger charge is 2.14. The maximum atomic E-state index is 11.4. The first-order valence-corrected chi connectivity index (χ1v) is 7.14. The largest absolute Gasteiger partial charge is 0.365 e. The van der Waals surface area contributed by atoms with Gasteiger partial charge in [-0.05, 0) is 13.8 Å². The smallest absolute Gasteiger partial charge is 0.152 e. The lowest BCUT2D eigenvalue weighted by Gasteiger charge is -2.12. The van der Waals surface area contributed by atoms with Gasteiger partial charge in [-0.1, -0.05) is 6.92 Å². The van der Waals surface area contributed by atoms with Gasteiger partial charge in [-0.3, -0.25) is 4.68 Å². The van der Waals surface area contributed by atoms with E-state index in [0.29, 0.717) is 0 Å². The van der Waals surface area contributed by atoms with E-state index in [2.05, 4.69) is 10.4 Å². The van der Waals surface area contributed by atoms with Gasteiger partial charge in [0.2, 0.25) is 0 Å². The third-order valence-corrected chi connectivity index (χ3v) is 4.34. The molecule has 0 aliphatic carbocycles. The number of nitrogens with zero attached hydrogens (tertiary/aromatic N) is 2. The molecular weight excluding hydrogens is 226 g/mol. The van der Waals surface area contributed by atoms with Gasteiger partial charge in [0.1, 0.15) is 5.82 Å². The molecule has 1 N–H and O–H groups in total. The van der Waals surface area contributed by atoms with Gasteiger partial charge in [0.25, 0.3) is 0 Å². The molecule has 0 aliphatic heterocycles. The zero-order chi connectivity index (χ0) is 12.3. The van der Waals surface area contributed by atoms with Crippen molar-refractivity contribution in [1.29, 1.82) is 0 Å². The number of rotatable bonds is 5. The number of aryl methyl sites for hydroxylation is 2. The van der Waals surface area contributed by atoms with Crippen molar-refractivity contribution in [3.05, 3.63) is 11.8 Å². The van der Waals surface area contributed by atoms with Crippen molar-refractivity contribution in [2.75, 3.05) is 16.8 Å². The van der Waals surface area contributed by atoms with Crippen LogP contribution in [0.3, 0.4) is 0 Å². The third-order valence-electron chi connectivity index (χ3n) is 2.45. The zero-order valence-corrected chi connectivity index (χ0v) is 11.0. The second kappa shape index (κ2) is 4.86. The first-order valence-electron chi connectivity index (χ1n) is 5.31. The predicted octanol–water partition coefficient (Wildman–Crippen LogP) is 0.964. The molecule has 1 atom stereocenters. The van der Waals surface area contributed by atoms with Gasteiger partial charge in [0, 0.05) is 30.6 Å². The summed E-state index contributed by atoms with van der Waals surface area (Å²) in [6, 6.07) is 1.77. The molecule has 0 saturated carbocycles. The Morgan fingerprint density at radius 1 is 1.56 bits per heavy atom. The van der Waals surface area contributed by atoms with Crippen LogP contribution in [0.25, 0.3) is 0 Å². The van der Waals surface area contributed by atoms with E-state index < -0.39 is 9.84 Å². The number of hydrogen-bond donors (Lipinski definition) is 1. The van der Waals surface area contributed by atoms with Crippen LogP contribution in [0.4, 0.5) is 5.82 Å². The second-order valence-corrected chi connectivity index (χ2v) is 6.44. The molecule has 5 nitrogen and oxygen atoms in total. The molecule has 1 rings (SSSR count). The fourth-order valence-electron chi connectivity index (χ4n) is 1.42. The monoisotopic (exact) mass is 245 g/mol. The third kappa shape index (κ3) is 3.52. The highest BCUT2D eigenvalue weighted by molar-refractivity contribution is 7.91. The summed E-state index contributed by atoms with van der Waals surface area (Å²) in [6.45, 7) is 5.45. The standard InChI is InChI=1S/C10H19N3O2S/c1-5-16(14,15)7-8(2)11-10-6-9(3)13(4)12-10/h6,8H,5,7H2,1-4H3,(H,11,12). The quantitative estimate of drug-likeness (QED) is 0.839. The summed E-state index contributed by atoms with van der Waals surface area (Å²) in [7, 11) is -1.08. The molecule has 0 spiro atoms. The molecule has 1 heterocycles. The molecule has 6 heteroatoms. The molecule has 92 valence electrons. The van der Waals surface area contributed by atoms with E-state index in [1.165, 1.54) is 0 Å². The minimum absolute atomic E-state index is 0.126. The maximum Gasteiger partial charge on any atom is 0.152 e. The first-order chi connectivity index (χ1) is 7.34. The van der Waals surface area contributed by atoms with Crippen LogP contribution in [0, 0.1) is 6.92 Å². The molecule has 0 bridgehead atoms. The van der Waals surface area contributed by atoms with E-state index >= 15 is 0 Å². The Kier molecular flexibility index (Phi) is 3.96. The van der Waals surface area contributed by atoms with Gasteiger partial charge in [-0.25, -0.2) is 8.42 Å². The van der Waals surface area contributed by atoms with Crippen LogP contribution < -0.4 is 5.32 Å². The molecule has 0 amide bonds. The highest BCUT2D eigenvalue weighted by atomic mass is 32.2. The summed E-state index contributed by atoms with van der Waals surface area (Å²) >= 11 is 0. The van der Waals surface area contributed by atoms with Gasteiger partial charge < -0.3 is 5.32 Å². The van der Waals surface area contributed by atoms with E-state index in [9.17, 15) is 8.42 Å². The van der Waals surface area contributed by atoms with Crippen molar-refractivity contribution in [2.24, 2.45) is 7.05 Å². The Hall–Kier alpha value is -1.04. The van der Waals surface area contributed by atoms with Crippen molar-refractivity contribution in [3.8, 4) is 0 Å². The van der Waals surface area contributed by atoms with E-state index in [0.717, 1.165) is 11.5 Å². The van der Waals surface area contributed by atoms with Gasteiger partial charge >= 0.3 is 0 Å². The summed E-state index contributed by atoms with van der Waals surface area (Å²) in [4.78, 5) is 0. The molecule has 1 unspecified atom stereocenters. The summed E-state index contributed by atoms with van der Waals surface area (Å²) in [5.41, 5.74) is 1.04. The van der Waals surface area contributed by atoms with Gasteiger partial charge in [-0.2, -0.15) is 5.10 Å². The van der Waals surface area contributed by atoms with E-state index in [-0.39, 0.29) is 17.5 Å². The van der Waals surface area contributed by atoms with Crippen molar-refractivity contribution in [2.45, 2.75) is 26.8 Å². The fourth-order valence-corrected chi connectivity index (χ4v) is 2.50. The van der Waals surface area contributed by atoms with E-state index in [4.69, 9.17) is 0 Å². The Bertz CT molecular complexity index is 431. The first kappa shape index (κ1) is 13.0.